The molecule has 1 N–H and O–H groups in total. The molecule has 0 unspecified atom stereocenters. The molecule has 0 aliphatic carbocycles. The van der Waals surface area contributed by atoms with Crippen LogP contribution in [0.25, 0.3) is 5.57 Å². The molecule has 0 atom stereocenters. The van der Waals surface area contributed by atoms with E-state index in [-0.39, 0.29) is 17.2 Å². The van der Waals surface area contributed by atoms with Crippen LogP contribution in [0.3, 0.4) is 0 Å². The van der Waals surface area contributed by atoms with Crippen molar-refractivity contribution in [1.82, 2.24) is 5.32 Å². The monoisotopic (exact) mass is 381 g/mol. The summed E-state index contributed by atoms with van der Waals surface area (Å²) >= 11 is 0. The molecular weight excluding hydrogens is 358 g/mol. The lowest BCUT2D eigenvalue weighted by Gasteiger charge is -2.29. The number of nitro benzene ring substituents is 1. The van der Waals surface area contributed by atoms with Crippen LogP contribution in [0, 0.1) is 10.1 Å². The van der Waals surface area contributed by atoms with Gasteiger partial charge in [-0.1, -0.05) is 24.3 Å². The number of rotatable bonds is 6. The van der Waals surface area contributed by atoms with Gasteiger partial charge in [-0.05, 0) is 37.1 Å². The molecule has 146 valence electrons. The van der Waals surface area contributed by atoms with Crippen molar-refractivity contribution in [3.8, 4) is 5.75 Å². The van der Waals surface area contributed by atoms with Crippen molar-refractivity contribution in [3.63, 3.8) is 0 Å². The highest BCUT2D eigenvalue weighted by molar-refractivity contribution is 5.95. The zero-order valence-electron chi connectivity index (χ0n) is 16.0. The Labute approximate surface area is 163 Å². The van der Waals surface area contributed by atoms with E-state index in [9.17, 15) is 14.9 Å². The first kappa shape index (κ1) is 19.4. The third kappa shape index (κ3) is 3.98. The Morgan fingerprint density at radius 3 is 2.71 bits per heavy atom. The summed E-state index contributed by atoms with van der Waals surface area (Å²) in [5.74, 6) is 0.508. The van der Waals surface area contributed by atoms with Crippen LogP contribution in [0.4, 0.5) is 11.4 Å². The Balaban J connectivity index is 1.87. The van der Waals surface area contributed by atoms with E-state index in [1.54, 1.807) is 12.1 Å². The fraction of sp³-hybridized carbons (Fsp3) is 0.286. The van der Waals surface area contributed by atoms with Crippen LogP contribution in [-0.4, -0.2) is 37.6 Å². The molecule has 2 aromatic rings. The van der Waals surface area contributed by atoms with Crippen molar-refractivity contribution in [1.29, 1.82) is 0 Å². The minimum Gasteiger partial charge on any atom is -0.493 e. The lowest BCUT2D eigenvalue weighted by molar-refractivity contribution is -0.384. The molecule has 0 bridgehead atoms. The standard InChI is InChI=1S/C21H23N3O4/c1-3-28-20-7-5-4-6-17(20)15-10-12-23(13-11-15)18-9-8-16(21(25)22-2)14-19(18)24(26)27/h4-10,14H,3,11-13H2,1-2H3,(H,22,25). The number of para-hydroxylation sites is 1. The Morgan fingerprint density at radius 1 is 1.29 bits per heavy atom. The minimum absolute atomic E-state index is 0.0623. The number of amides is 1. The molecule has 3 rings (SSSR count). The van der Waals surface area contributed by atoms with Gasteiger partial charge in [-0.2, -0.15) is 0 Å². The maximum absolute atomic E-state index is 11.8. The molecule has 0 saturated carbocycles. The quantitative estimate of drug-likeness (QED) is 0.610. The van der Waals surface area contributed by atoms with Crippen LogP contribution in [0.2, 0.25) is 0 Å². The highest BCUT2D eigenvalue weighted by atomic mass is 16.6. The van der Waals surface area contributed by atoms with E-state index in [4.69, 9.17) is 4.74 Å². The lowest BCUT2D eigenvalue weighted by Crippen LogP contribution is -2.29. The second-order valence-corrected chi connectivity index (χ2v) is 6.39. The zero-order chi connectivity index (χ0) is 20.1. The number of carbonyl (C=O) groups is 1. The van der Waals surface area contributed by atoms with E-state index < -0.39 is 4.92 Å². The van der Waals surface area contributed by atoms with Crippen molar-refractivity contribution in [2.75, 3.05) is 31.6 Å². The van der Waals surface area contributed by atoms with Gasteiger partial charge in [0.05, 0.1) is 11.5 Å². The van der Waals surface area contributed by atoms with Crippen molar-refractivity contribution >= 4 is 22.9 Å². The van der Waals surface area contributed by atoms with Crippen LogP contribution in [0.15, 0.2) is 48.5 Å². The molecule has 0 aromatic heterocycles. The second kappa shape index (κ2) is 8.56. The van der Waals surface area contributed by atoms with Gasteiger partial charge in [0.1, 0.15) is 11.4 Å². The summed E-state index contributed by atoms with van der Waals surface area (Å²) in [6, 6.07) is 12.5. The summed E-state index contributed by atoms with van der Waals surface area (Å²) < 4.78 is 5.72. The Kier molecular flexibility index (Phi) is 5.93. The van der Waals surface area contributed by atoms with E-state index in [2.05, 4.69) is 11.4 Å². The van der Waals surface area contributed by atoms with E-state index in [1.165, 1.54) is 18.7 Å². The van der Waals surface area contributed by atoms with Gasteiger partial charge in [-0.15, -0.1) is 0 Å². The number of ether oxygens (including phenoxy) is 1. The normalized spacial score (nSPS) is 13.6. The van der Waals surface area contributed by atoms with Gasteiger partial charge >= 0.3 is 0 Å². The topological polar surface area (TPSA) is 84.7 Å². The molecule has 1 heterocycles. The first-order chi connectivity index (χ1) is 13.5. The average molecular weight is 381 g/mol. The molecule has 2 aromatic carbocycles. The summed E-state index contributed by atoms with van der Waals surface area (Å²) in [5.41, 5.74) is 2.97. The minimum atomic E-state index is -0.439. The van der Waals surface area contributed by atoms with Crippen LogP contribution < -0.4 is 15.0 Å². The van der Waals surface area contributed by atoms with Crippen LogP contribution in [0.1, 0.15) is 29.3 Å². The molecule has 1 aliphatic rings. The number of nitrogens with zero attached hydrogens (tertiary/aromatic N) is 2. The van der Waals surface area contributed by atoms with Crippen LogP contribution in [0.5, 0.6) is 5.75 Å². The molecular formula is C21H23N3O4. The van der Waals surface area contributed by atoms with Gasteiger partial charge in [0.2, 0.25) is 0 Å². The number of anilines is 1. The zero-order valence-corrected chi connectivity index (χ0v) is 16.0. The third-order valence-corrected chi connectivity index (χ3v) is 4.74. The van der Waals surface area contributed by atoms with E-state index >= 15 is 0 Å². The van der Waals surface area contributed by atoms with Crippen molar-refractivity contribution in [3.05, 3.63) is 69.8 Å². The van der Waals surface area contributed by atoms with E-state index in [0.29, 0.717) is 25.4 Å². The second-order valence-electron chi connectivity index (χ2n) is 6.39. The fourth-order valence-corrected chi connectivity index (χ4v) is 3.37. The van der Waals surface area contributed by atoms with Crippen molar-refractivity contribution in [2.45, 2.75) is 13.3 Å². The molecule has 7 nitrogen and oxygen atoms in total. The molecule has 1 aliphatic heterocycles. The van der Waals surface area contributed by atoms with Crippen molar-refractivity contribution in [2.24, 2.45) is 0 Å². The summed E-state index contributed by atoms with van der Waals surface area (Å²) in [4.78, 5) is 24.9. The Hall–Kier alpha value is -3.35. The van der Waals surface area contributed by atoms with E-state index in [1.807, 2.05) is 36.1 Å². The Bertz CT molecular complexity index is 924. The van der Waals surface area contributed by atoms with Gasteiger partial charge in [-0.25, -0.2) is 0 Å². The Morgan fingerprint density at radius 2 is 2.07 bits per heavy atom. The SMILES string of the molecule is CCOc1ccccc1C1=CCN(c2ccc(C(=O)NC)cc2[N+](=O)[O-])CC1. The lowest BCUT2D eigenvalue weighted by atomic mass is 9.98. The summed E-state index contributed by atoms with van der Waals surface area (Å²) in [6.07, 6.45) is 2.83. The average Bonchev–Trinajstić information content (AvgIpc) is 2.73. The summed E-state index contributed by atoms with van der Waals surface area (Å²) in [5, 5.41) is 14.0. The maximum atomic E-state index is 11.8. The molecule has 0 spiro atoms. The number of nitro groups is 1. The largest absolute Gasteiger partial charge is 0.493 e. The first-order valence-corrected chi connectivity index (χ1v) is 9.21. The van der Waals surface area contributed by atoms with Crippen molar-refractivity contribution < 1.29 is 14.5 Å². The number of carbonyl (C=O) groups excluding carboxylic acids is 1. The van der Waals surface area contributed by atoms with Crippen LogP contribution in [-0.2, 0) is 0 Å². The highest BCUT2D eigenvalue weighted by Crippen LogP contribution is 2.35. The highest BCUT2D eigenvalue weighted by Gasteiger charge is 2.24. The number of hydrogen-bond donors (Lipinski definition) is 1. The molecule has 7 heteroatoms. The third-order valence-electron chi connectivity index (χ3n) is 4.74. The van der Waals surface area contributed by atoms with Crippen LogP contribution >= 0.6 is 0 Å². The molecule has 28 heavy (non-hydrogen) atoms. The van der Waals surface area contributed by atoms with Gasteiger partial charge in [0.25, 0.3) is 11.6 Å². The number of nitrogens with one attached hydrogen (secondary N) is 1. The molecule has 0 saturated heterocycles. The predicted octanol–water partition coefficient (Wildman–Crippen LogP) is 3.65. The molecule has 0 fully saturated rings. The smallest absolute Gasteiger partial charge is 0.293 e. The fourth-order valence-electron chi connectivity index (χ4n) is 3.37. The summed E-state index contributed by atoms with van der Waals surface area (Å²) in [6.45, 7) is 3.75. The predicted molar refractivity (Wildman–Crippen MR) is 109 cm³/mol. The number of benzene rings is 2. The van der Waals surface area contributed by atoms with Gasteiger partial charge < -0.3 is 15.0 Å². The molecule has 1 amide bonds. The molecule has 0 radical (unpaired) electrons. The maximum Gasteiger partial charge on any atom is 0.293 e. The number of hydrogen-bond acceptors (Lipinski definition) is 5. The summed E-state index contributed by atoms with van der Waals surface area (Å²) in [7, 11) is 1.50. The van der Waals surface area contributed by atoms with Gasteiger partial charge in [0.15, 0.2) is 0 Å². The van der Waals surface area contributed by atoms with E-state index in [0.717, 1.165) is 17.7 Å². The van der Waals surface area contributed by atoms with Gasteiger partial charge in [0, 0.05) is 37.3 Å². The first-order valence-electron chi connectivity index (χ1n) is 9.21. The van der Waals surface area contributed by atoms with Gasteiger partial charge in [-0.3, -0.25) is 14.9 Å².